The van der Waals surface area contributed by atoms with Gasteiger partial charge in [-0.3, -0.25) is 0 Å². The molecule has 36 heavy (non-hydrogen) atoms. The Bertz CT molecular complexity index is 1270. The molecule has 11 nitrogen and oxygen atoms in total. The van der Waals surface area contributed by atoms with E-state index in [4.69, 9.17) is 15.8 Å². The maximum absolute atomic E-state index is 14.4. The summed E-state index contributed by atoms with van der Waals surface area (Å²) in [5.41, 5.74) is 0. The van der Waals surface area contributed by atoms with E-state index < -0.39 is 66.4 Å². The minimum atomic E-state index is -5.78. The zero-order chi connectivity index (χ0) is 27.9. The van der Waals surface area contributed by atoms with E-state index in [1.54, 1.807) is 12.1 Å². The van der Waals surface area contributed by atoms with Crippen molar-refractivity contribution in [3.8, 4) is 18.2 Å². The minimum absolute atomic E-state index is 0.284. The topological polar surface area (TPSA) is 158 Å². The molecule has 0 aliphatic carbocycles. The molecule has 0 spiro atoms. The van der Waals surface area contributed by atoms with Crippen molar-refractivity contribution in [2.45, 2.75) is 19.3 Å². The van der Waals surface area contributed by atoms with Crippen LogP contribution in [0.3, 0.4) is 0 Å². The predicted molar refractivity (Wildman–Crippen MR) is 115 cm³/mol. The summed E-state index contributed by atoms with van der Waals surface area (Å²) in [7, 11) is -33.0. The van der Waals surface area contributed by atoms with Gasteiger partial charge < -0.3 is 4.52 Å². The van der Waals surface area contributed by atoms with Gasteiger partial charge >= 0.3 is 46.7 Å². The summed E-state index contributed by atoms with van der Waals surface area (Å²) in [4.78, 5) is 0. The molecular formula is C9H12F10N10OP6. The molecule has 2 aliphatic heterocycles. The van der Waals surface area contributed by atoms with Gasteiger partial charge in [0, 0.05) is 25.9 Å². The fourth-order valence-electron chi connectivity index (χ4n) is 2.00. The average Bonchev–Trinajstić information content (AvgIpc) is 2.62. The first-order chi connectivity index (χ1) is 16.3. The van der Waals surface area contributed by atoms with Crippen molar-refractivity contribution in [1.82, 2.24) is 4.67 Å². The second-order valence-corrected chi connectivity index (χ2v) is 16.5. The van der Waals surface area contributed by atoms with Gasteiger partial charge in [-0.1, -0.05) is 0 Å². The third-order valence-electron chi connectivity index (χ3n) is 3.10. The maximum Gasteiger partial charge on any atom is 0.425 e. The lowest BCUT2D eigenvalue weighted by atomic mass is 10.4. The quantitative estimate of drug-likeness (QED) is 0.145. The highest BCUT2D eigenvalue weighted by Gasteiger charge is 2.42. The number of nitrogens with zero attached hydrogens (tertiary/aromatic N) is 10. The Hall–Kier alpha value is -0.930. The van der Waals surface area contributed by atoms with Crippen LogP contribution in [-0.2, 0) is 4.52 Å². The Morgan fingerprint density at radius 2 is 0.972 bits per heavy atom. The molecule has 2 rings (SSSR count). The summed E-state index contributed by atoms with van der Waals surface area (Å²) >= 11 is 0. The first-order valence-corrected chi connectivity index (χ1v) is 17.6. The standard InChI is InChI=1S/C6H8F5N6P3.C3H4F5N4OP3/c7-18(8)14-19(9,10)16-20(11,15-18)17(5-1-3-12)6-2-4-13;4-14(5)10-15(6,7)12-16(8,11-14)13-3-1-2-9/h1-2,5-6H2;1,3H2. The van der Waals surface area contributed by atoms with E-state index in [-0.39, 0.29) is 19.3 Å². The fraction of sp³-hybridized carbons (Fsp3) is 0.667. The van der Waals surface area contributed by atoms with E-state index >= 15 is 0 Å². The molecule has 0 aromatic rings. The van der Waals surface area contributed by atoms with Crippen LogP contribution in [0.2, 0.25) is 0 Å². The van der Waals surface area contributed by atoms with Gasteiger partial charge in [-0.15, -0.1) is 60.7 Å². The highest BCUT2D eigenvalue weighted by atomic mass is 31.3. The summed E-state index contributed by atoms with van der Waals surface area (Å²) in [6.45, 7) is -1.43. The molecule has 204 valence electrons. The molecule has 2 aliphatic rings. The van der Waals surface area contributed by atoms with Gasteiger partial charge in [0.25, 0.3) is 0 Å². The number of hydrogen-bond acceptors (Lipinski definition) is 11. The van der Waals surface area contributed by atoms with Crippen LogP contribution in [0, 0.1) is 34.0 Å². The van der Waals surface area contributed by atoms with Crippen molar-refractivity contribution in [1.29, 1.82) is 15.8 Å². The Labute approximate surface area is 198 Å². The normalized spacial score (nSPS) is 28.3. The van der Waals surface area contributed by atoms with E-state index in [0.717, 1.165) is 0 Å². The van der Waals surface area contributed by atoms with E-state index in [1.165, 1.54) is 6.07 Å². The molecule has 27 heteroatoms. The molecule has 0 amide bonds. The van der Waals surface area contributed by atoms with Crippen molar-refractivity contribution in [2.24, 2.45) is 27.1 Å². The lowest BCUT2D eigenvalue weighted by Crippen LogP contribution is -2.20. The predicted octanol–water partition coefficient (Wildman–Crippen LogP) is 11.4. The van der Waals surface area contributed by atoms with Crippen LogP contribution in [0.25, 0.3) is 0 Å². The molecule has 0 bridgehead atoms. The fourth-order valence-corrected chi connectivity index (χ4v) is 13.5. The monoisotopic (exact) mass is 652 g/mol. The van der Waals surface area contributed by atoms with Gasteiger partial charge in [0.15, 0.2) is 0 Å². The van der Waals surface area contributed by atoms with Gasteiger partial charge in [0.2, 0.25) is 0 Å². The van der Waals surface area contributed by atoms with Crippen LogP contribution in [-0.4, -0.2) is 24.4 Å². The summed E-state index contributed by atoms with van der Waals surface area (Å²) in [6, 6.07) is 4.80. The van der Waals surface area contributed by atoms with Crippen molar-refractivity contribution >= 4 is 46.7 Å². The molecule has 2 heterocycles. The van der Waals surface area contributed by atoms with Crippen LogP contribution in [0.4, 0.5) is 42.0 Å². The largest absolute Gasteiger partial charge is 0.425 e. The summed E-state index contributed by atoms with van der Waals surface area (Å²) < 4.78 is 148. The number of nitriles is 3. The Kier molecular flexibility index (Phi) is 11.7. The third kappa shape index (κ3) is 11.2. The van der Waals surface area contributed by atoms with Crippen molar-refractivity contribution in [3.63, 3.8) is 0 Å². The van der Waals surface area contributed by atoms with Gasteiger partial charge in [-0.2, -0.15) is 24.2 Å². The van der Waals surface area contributed by atoms with E-state index in [2.05, 4.69) is 22.6 Å². The van der Waals surface area contributed by atoms with Gasteiger partial charge in [-0.25, -0.2) is 4.67 Å². The highest BCUT2D eigenvalue weighted by Crippen LogP contribution is 2.83. The number of halogens is 10. The van der Waals surface area contributed by atoms with Crippen molar-refractivity contribution < 1.29 is 46.5 Å². The van der Waals surface area contributed by atoms with Crippen LogP contribution >= 0.6 is 46.7 Å². The van der Waals surface area contributed by atoms with Crippen molar-refractivity contribution in [2.75, 3.05) is 19.7 Å². The second kappa shape index (κ2) is 12.7. The van der Waals surface area contributed by atoms with E-state index in [9.17, 15) is 42.0 Å². The zero-order valence-electron chi connectivity index (χ0n) is 17.1. The molecule has 0 aromatic carbocycles. The van der Waals surface area contributed by atoms with E-state index in [0.29, 0.717) is 4.67 Å². The van der Waals surface area contributed by atoms with Gasteiger partial charge in [0.1, 0.15) is 0 Å². The van der Waals surface area contributed by atoms with Crippen LogP contribution in [0.15, 0.2) is 27.1 Å². The lowest BCUT2D eigenvalue weighted by Gasteiger charge is -2.27. The maximum atomic E-state index is 14.4. The summed E-state index contributed by atoms with van der Waals surface area (Å²) in [5.74, 6) is 0. The lowest BCUT2D eigenvalue weighted by molar-refractivity contribution is 0.334. The molecular weight excluding hydrogens is 640 g/mol. The third-order valence-corrected chi connectivity index (χ3v) is 15.2. The molecule has 0 N–H and O–H groups in total. The first kappa shape index (κ1) is 33.1. The number of rotatable bonds is 8. The van der Waals surface area contributed by atoms with Crippen LogP contribution in [0.1, 0.15) is 19.3 Å². The minimum Gasteiger partial charge on any atom is -0.302 e. The molecule has 2 atom stereocenters. The van der Waals surface area contributed by atoms with Crippen LogP contribution < -0.4 is 0 Å². The molecule has 0 saturated carbocycles. The van der Waals surface area contributed by atoms with Crippen molar-refractivity contribution in [3.05, 3.63) is 0 Å². The SMILES string of the molecule is N#CCCN(CCC#N)P1(F)=NP(F)(F)=NP(F)(F)=N1.N#CCCOP1(F)=NP(F)(F)=NP(F)(F)=N1. The summed E-state index contributed by atoms with van der Waals surface area (Å²) in [5, 5.41) is 24.9. The van der Waals surface area contributed by atoms with Gasteiger partial charge in [0.05, 0.1) is 31.2 Å². The Morgan fingerprint density at radius 1 is 0.556 bits per heavy atom. The molecule has 2 unspecified atom stereocenters. The smallest absolute Gasteiger partial charge is 0.302 e. The molecule has 0 radical (unpaired) electrons. The molecule has 0 fully saturated rings. The summed E-state index contributed by atoms with van der Waals surface area (Å²) in [6.07, 6.45) is -0.900. The molecule has 0 aromatic heterocycles. The second-order valence-electron chi connectivity index (χ2n) is 5.84. The molecule has 0 saturated heterocycles. The van der Waals surface area contributed by atoms with Gasteiger partial charge in [-0.05, 0) is 0 Å². The van der Waals surface area contributed by atoms with E-state index in [1.807, 2.05) is 9.03 Å². The average molecular weight is 652 g/mol. The Morgan fingerprint density at radius 3 is 1.39 bits per heavy atom. The van der Waals surface area contributed by atoms with Crippen LogP contribution in [0.5, 0.6) is 0 Å². The number of hydrogen-bond donors (Lipinski definition) is 0. The zero-order valence-corrected chi connectivity index (χ0v) is 22.5. The highest BCUT2D eigenvalue weighted by molar-refractivity contribution is 7.78. The first-order valence-electron chi connectivity index (χ1n) is 8.63. The Balaban J connectivity index is 0.000000369.